The van der Waals surface area contributed by atoms with Crippen molar-refractivity contribution in [2.24, 2.45) is 0 Å². The van der Waals surface area contributed by atoms with E-state index in [4.69, 9.17) is 9.84 Å². The third-order valence-electron chi connectivity index (χ3n) is 4.46. The van der Waals surface area contributed by atoms with Crippen LogP contribution in [0.2, 0.25) is 0 Å². The number of carboxylic acid groups (broad SMARTS) is 1. The highest BCUT2D eigenvalue weighted by atomic mass is 16.5. The first-order valence-corrected chi connectivity index (χ1v) is 8.10. The van der Waals surface area contributed by atoms with Gasteiger partial charge in [-0.05, 0) is 44.0 Å². The van der Waals surface area contributed by atoms with Crippen LogP contribution in [0.1, 0.15) is 35.4 Å². The maximum atomic E-state index is 12.8. The predicted molar refractivity (Wildman–Crippen MR) is 89.0 cm³/mol. The summed E-state index contributed by atoms with van der Waals surface area (Å²) in [6, 6.07) is 6.99. The first kappa shape index (κ1) is 16.9. The van der Waals surface area contributed by atoms with E-state index >= 15 is 0 Å². The molecule has 1 aromatic heterocycles. The number of carbonyl (C=O) groups is 2. The third kappa shape index (κ3) is 3.33. The molecule has 132 valence electrons. The smallest absolute Gasteiger partial charge is 0.305 e. The number of likely N-dealkylation sites (tertiary alicyclic amines) is 1. The minimum atomic E-state index is -0.900. The Bertz CT molecular complexity index is 784. The van der Waals surface area contributed by atoms with Gasteiger partial charge in [0.15, 0.2) is 5.69 Å². The van der Waals surface area contributed by atoms with Gasteiger partial charge < -0.3 is 14.7 Å². The molecule has 0 saturated carbocycles. The molecule has 1 saturated heterocycles. The lowest BCUT2D eigenvalue weighted by molar-refractivity contribution is -0.137. The lowest BCUT2D eigenvalue weighted by atomic mass is 10.1. The van der Waals surface area contributed by atoms with Crippen molar-refractivity contribution in [3.63, 3.8) is 0 Å². The van der Waals surface area contributed by atoms with Crippen LogP contribution in [0.25, 0.3) is 5.69 Å². The molecule has 1 aromatic carbocycles. The molecular formula is C17H20N4O4. The van der Waals surface area contributed by atoms with Gasteiger partial charge in [-0.2, -0.15) is 0 Å². The Kier molecular flexibility index (Phi) is 4.69. The Hall–Kier alpha value is -2.90. The topological polar surface area (TPSA) is 97.5 Å². The van der Waals surface area contributed by atoms with Gasteiger partial charge in [0.25, 0.3) is 5.91 Å². The van der Waals surface area contributed by atoms with Crippen molar-refractivity contribution < 1.29 is 19.4 Å². The number of rotatable bonds is 5. The summed E-state index contributed by atoms with van der Waals surface area (Å²) in [4.78, 5) is 25.4. The Balaban J connectivity index is 1.84. The summed E-state index contributed by atoms with van der Waals surface area (Å²) in [7, 11) is 1.59. The van der Waals surface area contributed by atoms with E-state index in [1.807, 2.05) is 12.1 Å². The summed E-state index contributed by atoms with van der Waals surface area (Å²) >= 11 is 0. The quantitative estimate of drug-likeness (QED) is 0.886. The highest BCUT2D eigenvalue weighted by Crippen LogP contribution is 2.24. The van der Waals surface area contributed by atoms with Crippen molar-refractivity contribution in [2.45, 2.75) is 32.2 Å². The van der Waals surface area contributed by atoms with Crippen molar-refractivity contribution in [2.75, 3.05) is 13.7 Å². The van der Waals surface area contributed by atoms with Crippen molar-refractivity contribution in [1.29, 1.82) is 0 Å². The fourth-order valence-corrected chi connectivity index (χ4v) is 3.15. The molecule has 8 nitrogen and oxygen atoms in total. The summed E-state index contributed by atoms with van der Waals surface area (Å²) in [5.74, 6) is -0.435. The van der Waals surface area contributed by atoms with Crippen LogP contribution >= 0.6 is 0 Å². The Morgan fingerprint density at radius 3 is 2.68 bits per heavy atom. The molecule has 25 heavy (non-hydrogen) atoms. The Labute approximate surface area is 145 Å². The van der Waals surface area contributed by atoms with E-state index in [2.05, 4.69) is 10.3 Å². The molecule has 1 aliphatic rings. The van der Waals surface area contributed by atoms with Gasteiger partial charge in [-0.25, -0.2) is 4.68 Å². The summed E-state index contributed by atoms with van der Waals surface area (Å²) in [6.07, 6.45) is 1.45. The van der Waals surface area contributed by atoms with Gasteiger partial charge in [-0.3, -0.25) is 9.59 Å². The molecule has 0 bridgehead atoms. The van der Waals surface area contributed by atoms with Gasteiger partial charge >= 0.3 is 5.97 Å². The SMILES string of the molecule is COc1ccc(-n2nnc(C(=O)N3CCCC3CC(=O)O)c2C)cc1. The summed E-state index contributed by atoms with van der Waals surface area (Å²) in [5.41, 5.74) is 1.65. The zero-order chi connectivity index (χ0) is 18.0. The molecule has 1 unspecified atom stereocenters. The lowest BCUT2D eigenvalue weighted by Gasteiger charge is -2.22. The number of hydrogen-bond acceptors (Lipinski definition) is 5. The van der Waals surface area contributed by atoms with E-state index < -0.39 is 5.97 Å². The summed E-state index contributed by atoms with van der Waals surface area (Å²) in [5, 5.41) is 17.1. The van der Waals surface area contributed by atoms with Crippen molar-refractivity contribution in [3.8, 4) is 11.4 Å². The maximum Gasteiger partial charge on any atom is 0.305 e. The number of hydrogen-bond donors (Lipinski definition) is 1. The maximum absolute atomic E-state index is 12.8. The van der Waals surface area contributed by atoms with Gasteiger partial charge in [0, 0.05) is 12.6 Å². The van der Waals surface area contributed by atoms with Gasteiger partial charge in [-0.15, -0.1) is 5.10 Å². The molecule has 0 spiro atoms. The largest absolute Gasteiger partial charge is 0.497 e. The van der Waals surface area contributed by atoms with Gasteiger partial charge in [0.2, 0.25) is 0 Å². The van der Waals surface area contributed by atoms with E-state index in [0.29, 0.717) is 18.7 Å². The minimum Gasteiger partial charge on any atom is -0.497 e. The van der Waals surface area contributed by atoms with Crippen molar-refractivity contribution in [3.05, 3.63) is 35.7 Å². The minimum absolute atomic E-state index is 0.0442. The van der Waals surface area contributed by atoms with Gasteiger partial charge in [0.05, 0.1) is 24.9 Å². The fraction of sp³-hybridized carbons (Fsp3) is 0.412. The highest BCUT2D eigenvalue weighted by molar-refractivity contribution is 5.94. The summed E-state index contributed by atoms with van der Waals surface area (Å²) in [6.45, 7) is 2.32. The van der Waals surface area contributed by atoms with E-state index in [1.54, 1.807) is 35.7 Å². The van der Waals surface area contributed by atoms with Gasteiger partial charge in [0.1, 0.15) is 5.75 Å². The lowest BCUT2D eigenvalue weighted by Crippen LogP contribution is -2.37. The molecule has 8 heteroatoms. The van der Waals surface area contributed by atoms with Crippen LogP contribution in [-0.4, -0.2) is 56.6 Å². The van der Waals surface area contributed by atoms with Crippen LogP contribution in [0, 0.1) is 6.92 Å². The van der Waals surface area contributed by atoms with Crippen molar-refractivity contribution >= 4 is 11.9 Å². The predicted octanol–water partition coefficient (Wildman–Crippen LogP) is 1.66. The van der Waals surface area contributed by atoms with Gasteiger partial charge in [-0.1, -0.05) is 5.21 Å². The van der Waals surface area contributed by atoms with E-state index in [-0.39, 0.29) is 24.1 Å². The molecule has 1 atom stereocenters. The van der Waals surface area contributed by atoms with Crippen LogP contribution in [0.4, 0.5) is 0 Å². The second kappa shape index (κ2) is 6.92. The molecular weight excluding hydrogens is 324 g/mol. The van der Waals surface area contributed by atoms with Crippen molar-refractivity contribution in [1.82, 2.24) is 19.9 Å². The Morgan fingerprint density at radius 1 is 1.32 bits per heavy atom. The first-order chi connectivity index (χ1) is 12.0. The number of methoxy groups -OCH3 is 1. The van der Waals surface area contributed by atoms with Crippen LogP contribution in [0.15, 0.2) is 24.3 Å². The Morgan fingerprint density at radius 2 is 2.04 bits per heavy atom. The average molecular weight is 344 g/mol. The molecule has 1 fully saturated rings. The molecule has 0 aliphatic carbocycles. The van der Waals surface area contributed by atoms with Crippen LogP contribution in [-0.2, 0) is 4.79 Å². The number of benzene rings is 1. The first-order valence-electron chi connectivity index (χ1n) is 8.10. The number of carbonyl (C=O) groups excluding carboxylic acids is 1. The highest BCUT2D eigenvalue weighted by Gasteiger charge is 2.33. The van der Waals surface area contributed by atoms with Crippen LogP contribution in [0.5, 0.6) is 5.75 Å². The fourth-order valence-electron chi connectivity index (χ4n) is 3.15. The standard InChI is InChI=1S/C17H20N4O4/c1-11-16(17(24)20-9-3-4-13(20)10-15(22)23)18-19-21(11)12-5-7-14(25-2)8-6-12/h5-8,13H,3-4,9-10H2,1-2H3,(H,22,23). The normalized spacial score (nSPS) is 16.9. The monoisotopic (exact) mass is 344 g/mol. The zero-order valence-electron chi connectivity index (χ0n) is 14.2. The van der Waals surface area contributed by atoms with E-state index in [9.17, 15) is 9.59 Å². The van der Waals surface area contributed by atoms with E-state index in [0.717, 1.165) is 17.9 Å². The van der Waals surface area contributed by atoms with Crippen LogP contribution in [0.3, 0.4) is 0 Å². The molecule has 0 radical (unpaired) electrons. The zero-order valence-corrected chi connectivity index (χ0v) is 14.2. The number of nitrogens with zero attached hydrogens (tertiary/aromatic N) is 4. The number of aliphatic carboxylic acids is 1. The number of ether oxygens (including phenoxy) is 1. The molecule has 2 aromatic rings. The molecule has 1 aliphatic heterocycles. The average Bonchev–Trinajstić information content (AvgIpc) is 3.20. The van der Waals surface area contributed by atoms with Crippen LogP contribution < -0.4 is 4.74 Å². The molecule has 1 N–H and O–H groups in total. The summed E-state index contributed by atoms with van der Waals surface area (Å²) < 4.78 is 6.73. The third-order valence-corrected chi connectivity index (χ3v) is 4.46. The second-order valence-corrected chi connectivity index (χ2v) is 6.03. The molecule has 1 amide bonds. The molecule has 2 heterocycles. The number of carboxylic acids is 1. The molecule has 3 rings (SSSR count). The number of aromatic nitrogens is 3. The van der Waals surface area contributed by atoms with E-state index in [1.165, 1.54) is 0 Å². The number of amides is 1. The second-order valence-electron chi connectivity index (χ2n) is 6.03.